The summed E-state index contributed by atoms with van der Waals surface area (Å²) in [5.41, 5.74) is 1.21. The number of aromatic nitrogens is 1. The van der Waals surface area contributed by atoms with Crippen LogP contribution in [0.25, 0.3) is 0 Å². The van der Waals surface area contributed by atoms with E-state index < -0.39 is 8.32 Å². The maximum atomic E-state index is 12.1. The van der Waals surface area contributed by atoms with Gasteiger partial charge in [-0.1, -0.05) is 20.8 Å². The summed E-state index contributed by atoms with van der Waals surface area (Å²) < 4.78 is 7.78. The largest absolute Gasteiger partial charge is 0.415 e. The summed E-state index contributed by atoms with van der Waals surface area (Å²) in [6.45, 7) is 13.7. The molecule has 1 heterocycles. The van der Waals surface area contributed by atoms with E-state index in [0.717, 1.165) is 5.69 Å². The van der Waals surface area contributed by atoms with Crippen LogP contribution in [-0.4, -0.2) is 24.6 Å². The number of rotatable bonds is 5. The van der Waals surface area contributed by atoms with Crippen molar-refractivity contribution < 1.29 is 9.53 Å². The van der Waals surface area contributed by atoms with E-state index in [1.807, 2.05) is 13.0 Å². The third kappa shape index (κ3) is 3.81. The summed E-state index contributed by atoms with van der Waals surface area (Å²) >= 11 is 0. The molecule has 1 N–H and O–H groups in total. The molecule has 1 aromatic heterocycles. The Morgan fingerprint density at radius 2 is 1.90 bits per heavy atom. The van der Waals surface area contributed by atoms with E-state index in [0.29, 0.717) is 18.7 Å². The fourth-order valence-corrected chi connectivity index (χ4v) is 2.76. The van der Waals surface area contributed by atoms with Crippen LogP contribution in [0.2, 0.25) is 18.1 Å². The quantitative estimate of drug-likeness (QED) is 0.850. The summed E-state index contributed by atoms with van der Waals surface area (Å²) in [5.74, 6) is 0. The fraction of sp³-hybridized carbons (Fsp3) is 0.667. The summed E-state index contributed by atoms with van der Waals surface area (Å²) in [6, 6.07) is 3.54. The van der Waals surface area contributed by atoms with Crippen molar-refractivity contribution in [2.45, 2.75) is 59.0 Å². The molecule has 0 aliphatic rings. The Morgan fingerprint density at radius 1 is 1.30 bits per heavy atom. The predicted octanol–water partition coefficient (Wildman–Crippen LogP) is 2.67. The number of aliphatic hydroxyl groups is 1. The first-order valence-electron chi connectivity index (χ1n) is 7.04. The van der Waals surface area contributed by atoms with Crippen LogP contribution in [0.15, 0.2) is 16.9 Å². The molecule has 0 saturated heterocycles. The van der Waals surface area contributed by atoms with Crippen LogP contribution in [0.5, 0.6) is 0 Å². The highest BCUT2D eigenvalue weighted by atomic mass is 28.4. The van der Waals surface area contributed by atoms with Gasteiger partial charge in [-0.15, -0.1) is 0 Å². The molecule has 0 aliphatic carbocycles. The van der Waals surface area contributed by atoms with E-state index in [2.05, 4.69) is 33.9 Å². The molecule has 114 valence electrons. The van der Waals surface area contributed by atoms with Crippen LogP contribution in [0.1, 0.15) is 32.0 Å². The van der Waals surface area contributed by atoms with Crippen molar-refractivity contribution in [3.05, 3.63) is 33.7 Å². The molecule has 0 bridgehead atoms. The molecule has 0 fully saturated rings. The highest BCUT2D eigenvalue weighted by Crippen LogP contribution is 2.36. The van der Waals surface area contributed by atoms with Crippen LogP contribution in [0.4, 0.5) is 0 Å². The maximum absolute atomic E-state index is 12.1. The molecule has 0 spiro atoms. The van der Waals surface area contributed by atoms with E-state index in [4.69, 9.17) is 9.53 Å². The molecule has 0 unspecified atom stereocenters. The van der Waals surface area contributed by atoms with E-state index in [1.165, 1.54) is 0 Å². The monoisotopic (exact) mass is 297 g/mol. The number of aryl methyl sites for hydroxylation is 1. The minimum atomic E-state index is -1.78. The summed E-state index contributed by atoms with van der Waals surface area (Å²) in [4.78, 5) is 12.1. The number of pyridine rings is 1. The van der Waals surface area contributed by atoms with Gasteiger partial charge < -0.3 is 14.1 Å². The normalized spacial score (nSPS) is 12.8. The molecule has 0 aromatic carbocycles. The lowest BCUT2D eigenvalue weighted by Crippen LogP contribution is -2.42. The van der Waals surface area contributed by atoms with E-state index in [1.54, 1.807) is 10.6 Å². The molecule has 1 aromatic rings. The SMILES string of the molecule is Cc1ccc(CO)c(=O)n1CCO[Si](C)(C)C(C)(C)C. The van der Waals surface area contributed by atoms with Crippen molar-refractivity contribution in [2.75, 3.05) is 6.61 Å². The van der Waals surface area contributed by atoms with E-state index in [-0.39, 0.29) is 17.2 Å². The van der Waals surface area contributed by atoms with Crippen LogP contribution in [0.3, 0.4) is 0 Å². The molecular formula is C15H27NO3Si. The average Bonchev–Trinajstić information content (AvgIpc) is 2.32. The van der Waals surface area contributed by atoms with Gasteiger partial charge >= 0.3 is 0 Å². The zero-order chi connectivity index (χ0) is 15.6. The lowest BCUT2D eigenvalue weighted by molar-refractivity contribution is 0.263. The van der Waals surface area contributed by atoms with Gasteiger partial charge in [0.15, 0.2) is 8.32 Å². The Hall–Kier alpha value is -0.913. The molecule has 4 nitrogen and oxygen atoms in total. The lowest BCUT2D eigenvalue weighted by Gasteiger charge is -2.36. The number of hydrogen-bond acceptors (Lipinski definition) is 3. The van der Waals surface area contributed by atoms with Gasteiger partial charge in [-0.25, -0.2) is 0 Å². The van der Waals surface area contributed by atoms with Crippen LogP contribution in [0, 0.1) is 6.92 Å². The van der Waals surface area contributed by atoms with Gasteiger partial charge in [-0.3, -0.25) is 4.79 Å². The second kappa shape index (κ2) is 6.24. The van der Waals surface area contributed by atoms with Crippen molar-refractivity contribution in [1.82, 2.24) is 4.57 Å². The minimum Gasteiger partial charge on any atom is -0.415 e. The van der Waals surface area contributed by atoms with Gasteiger partial charge in [0, 0.05) is 17.8 Å². The zero-order valence-corrected chi connectivity index (χ0v) is 14.5. The Kier molecular flexibility index (Phi) is 5.35. The van der Waals surface area contributed by atoms with Crippen LogP contribution < -0.4 is 5.56 Å². The summed E-state index contributed by atoms with van der Waals surface area (Å²) in [7, 11) is -1.78. The van der Waals surface area contributed by atoms with E-state index in [9.17, 15) is 4.79 Å². The first-order valence-corrected chi connectivity index (χ1v) is 9.95. The molecule has 0 amide bonds. The maximum Gasteiger partial charge on any atom is 0.256 e. The van der Waals surface area contributed by atoms with Crippen molar-refractivity contribution in [3.8, 4) is 0 Å². The molecule has 1 rings (SSSR count). The smallest absolute Gasteiger partial charge is 0.256 e. The van der Waals surface area contributed by atoms with Gasteiger partial charge in [0.05, 0.1) is 13.2 Å². The molecule has 20 heavy (non-hydrogen) atoms. The Morgan fingerprint density at radius 3 is 2.40 bits per heavy atom. The van der Waals surface area contributed by atoms with Gasteiger partial charge in [-0.05, 0) is 37.2 Å². The molecule has 0 saturated carbocycles. The second-order valence-electron chi connectivity index (χ2n) is 6.72. The van der Waals surface area contributed by atoms with Gasteiger partial charge in [0.1, 0.15) is 0 Å². The number of hydrogen-bond donors (Lipinski definition) is 1. The Labute approximate surface area is 122 Å². The summed E-state index contributed by atoms with van der Waals surface area (Å²) in [5, 5.41) is 9.32. The Balaban J connectivity index is 2.80. The highest BCUT2D eigenvalue weighted by molar-refractivity contribution is 6.74. The first-order chi connectivity index (χ1) is 9.10. The lowest BCUT2D eigenvalue weighted by atomic mass is 10.2. The molecule has 0 radical (unpaired) electrons. The molecule has 5 heteroatoms. The highest BCUT2D eigenvalue weighted by Gasteiger charge is 2.36. The van der Waals surface area contributed by atoms with Crippen molar-refractivity contribution in [3.63, 3.8) is 0 Å². The molecule has 0 atom stereocenters. The molecular weight excluding hydrogens is 270 g/mol. The fourth-order valence-electron chi connectivity index (χ4n) is 1.72. The van der Waals surface area contributed by atoms with Gasteiger partial charge in [-0.2, -0.15) is 0 Å². The zero-order valence-electron chi connectivity index (χ0n) is 13.5. The van der Waals surface area contributed by atoms with Crippen molar-refractivity contribution >= 4 is 8.32 Å². The second-order valence-corrected chi connectivity index (χ2v) is 11.5. The van der Waals surface area contributed by atoms with Crippen LogP contribution >= 0.6 is 0 Å². The number of nitrogens with zero attached hydrogens (tertiary/aromatic N) is 1. The first kappa shape index (κ1) is 17.1. The minimum absolute atomic E-state index is 0.119. The number of aliphatic hydroxyl groups excluding tert-OH is 1. The third-order valence-electron chi connectivity index (χ3n) is 4.23. The van der Waals surface area contributed by atoms with Crippen LogP contribution in [-0.2, 0) is 17.6 Å². The average molecular weight is 297 g/mol. The predicted molar refractivity (Wildman–Crippen MR) is 84.5 cm³/mol. The van der Waals surface area contributed by atoms with Gasteiger partial charge in [0.25, 0.3) is 5.56 Å². The third-order valence-corrected chi connectivity index (χ3v) is 8.76. The van der Waals surface area contributed by atoms with Crippen molar-refractivity contribution in [2.24, 2.45) is 0 Å². The topological polar surface area (TPSA) is 51.5 Å². The van der Waals surface area contributed by atoms with Gasteiger partial charge in [0.2, 0.25) is 0 Å². The Bertz CT molecular complexity index is 515. The van der Waals surface area contributed by atoms with Crippen molar-refractivity contribution in [1.29, 1.82) is 0 Å². The summed E-state index contributed by atoms with van der Waals surface area (Å²) in [6.07, 6.45) is 0. The standard InChI is InChI=1S/C15H27NO3Si/c1-12-7-8-13(11-17)14(18)16(12)9-10-19-20(5,6)15(2,3)4/h7-8,17H,9-11H2,1-6H3. The molecule has 0 aliphatic heterocycles. The van der Waals surface area contributed by atoms with E-state index >= 15 is 0 Å².